The van der Waals surface area contributed by atoms with Gasteiger partial charge in [0.25, 0.3) is 0 Å². The van der Waals surface area contributed by atoms with Crippen molar-refractivity contribution in [2.75, 3.05) is 11.9 Å². The van der Waals surface area contributed by atoms with Gasteiger partial charge in [-0.2, -0.15) is 0 Å². The van der Waals surface area contributed by atoms with Crippen LogP contribution in [0.15, 0.2) is 69.1 Å². The van der Waals surface area contributed by atoms with Crippen molar-refractivity contribution in [3.8, 4) is 11.5 Å². The molecular weight excluding hydrogens is 660 g/mol. The van der Waals surface area contributed by atoms with Crippen LogP contribution in [-0.2, 0) is 0 Å². The van der Waals surface area contributed by atoms with E-state index < -0.39 is 12.2 Å². The molecule has 2 heterocycles. The Hall–Kier alpha value is -1.83. The zero-order valence-electron chi connectivity index (χ0n) is 15.3. The van der Waals surface area contributed by atoms with E-state index in [1.807, 2.05) is 0 Å². The summed E-state index contributed by atoms with van der Waals surface area (Å²) in [5, 5.41) is 5.88. The Morgan fingerprint density at radius 3 is 2.67 bits per heavy atom. The number of hydrogen-bond donors (Lipinski definition) is 2. The van der Waals surface area contributed by atoms with Crippen LogP contribution >= 0.6 is 23.5 Å². The molecule has 0 amide bonds. The topological polar surface area (TPSA) is 45.6 Å². The standard InChI is InChI=1S/C13H7ClFN2OS.C7H7F2N.Np/c14-8-3-1-2-4-10(8)18-13-9(15)5-6-11-12(13)16-7-17-19-11;1-5-6(7(8)9)3-2-4-10-5;/h1-6H,(H,16,17);2-3,10H,1,4H2;/q-1;-2;. The molecule has 0 unspecified atom stereocenters. The van der Waals surface area contributed by atoms with Gasteiger partial charge in [0.15, 0.2) is 0 Å². The number of anilines is 1. The fourth-order valence-electron chi connectivity index (χ4n) is 2.35. The Balaban J connectivity index is 0.000000249. The molecule has 2 aliphatic rings. The largest absolute Gasteiger partial charge is 0.504 e. The molecule has 2 aromatic rings. The minimum Gasteiger partial charge on any atom is -0.504 e. The molecule has 0 saturated heterocycles. The summed E-state index contributed by atoms with van der Waals surface area (Å²) in [6, 6.07) is 9.87. The van der Waals surface area contributed by atoms with Crippen molar-refractivity contribution < 1.29 is 47.9 Å². The Morgan fingerprint density at radius 2 is 2.00 bits per heavy atom. The van der Waals surface area contributed by atoms with Crippen LogP contribution in [0.5, 0.6) is 11.5 Å². The molecule has 0 saturated carbocycles. The van der Waals surface area contributed by atoms with E-state index in [1.54, 1.807) is 36.4 Å². The zero-order chi connectivity index (χ0) is 20.8. The van der Waals surface area contributed by atoms with Gasteiger partial charge >= 0.3 is 0 Å². The van der Waals surface area contributed by atoms with E-state index in [9.17, 15) is 13.2 Å². The molecule has 0 atom stereocenters. The first kappa shape index (κ1) is 24.4. The number of hydrogen-bond acceptors (Lipinski definition) is 5. The van der Waals surface area contributed by atoms with Gasteiger partial charge in [0, 0.05) is 36.5 Å². The molecule has 10 heteroatoms. The summed E-state index contributed by atoms with van der Waals surface area (Å²) in [5.74, 6) is 0.00162. The second kappa shape index (κ2) is 11.5. The van der Waals surface area contributed by atoms with Crippen LogP contribution in [0.2, 0.25) is 5.02 Å². The van der Waals surface area contributed by atoms with Gasteiger partial charge in [-0.25, -0.2) is 16.2 Å². The summed E-state index contributed by atoms with van der Waals surface area (Å²) in [6.07, 6.45) is 3.88. The molecule has 0 aromatic heterocycles. The number of rotatable bonds is 3. The SMILES string of the molecule is Fc1ccc2c(c1Oc1ccccc1Cl)N[C-]=NS2.[CH2-]C1=C([C-](F)F)C=CCN1.[Np]. The average molecular weight is 674 g/mol. The third kappa shape index (κ3) is 6.09. The number of para-hydroxylation sites is 1. The van der Waals surface area contributed by atoms with Crippen LogP contribution in [0.1, 0.15) is 0 Å². The number of ether oxygens (including phenoxy) is 1. The molecule has 2 aromatic carbocycles. The van der Waals surface area contributed by atoms with Crippen LogP contribution in [0.25, 0.3) is 0 Å². The molecule has 0 spiro atoms. The summed E-state index contributed by atoms with van der Waals surface area (Å²) >= 11 is 7.20. The van der Waals surface area contributed by atoms with Gasteiger partial charge in [0.1, 0.15) is 17.3 Å². The molecule has 1 radical (unpaired) electrons. The molecule has 30 heavy (non-hydrogen) atoms. The van der Waals surface area contributed by atoms with Crippen LogP contribution in [0, 0.1) is 49.1 Å². The van der Waals surface area contributed by atoms with Gasteiger partial charge in [0.2, 0.25) is 0 Å². The van der Waals surface area contributed by atoms with Crippen molar-refractivity contribution in [1.29, 1.82) is 0 Å². The predicted molar refractivity (Wildman–Crippen MR) is 110 cm³/mol. The Morgan fingerprint density at radius 1 is 1.23 bits per heavy atom. The fraction of sp³-hybridized carbons (Fsp3) is 0.0500. The van der Waals surface area contributed by atoms with Gasteiger partial charge in [-0.1, -0.05) is 36.1 Å². The van der Waals surface area contributed by atoms with Crippen molar-refractivity contribution in [2.24, 2.45) is 4.40 Å². The van der Waals surface area contributed by atoms with Gasteiger partial charge in [0.05, 0.1) is 11.4 Å². The van der Waals surface area contributed by atoms with Gasteiger partial charge in [-0.3, -0.25) is 21.3 Å². The summed E-state index contributed by atoms with van der Waals surface area (Å²) in [4.78, 5) is 0.766. The van der Waals surface area contributed by atoms with Crippen LogP contribution in [-0.4, -0.2) is 12.9 Å². The van der Waals surface area contributed by atoms with E-state index >= 15 is 0 Å². The van der Waals surface area contributed by atoms with Crippen molar-refractivity contribution in [1.82, 2.24) is 5.32 Å². The quantitative estimate of drug-likeness (QED) is 0.298. The maximum atomic E-state index is 13.9. The minimum atomic E-state index is -1.69. The number of allylic oxidation sites excluding steroid dienone is 3. The van der Waals surface area contributed by atoms with E-state index in [0.29, 0.717) is 28.7 Å². The second-order valence-electron chi connectivity index (χ2n) is 5.64. The van der Waals surface area contributed by atoms with Crippen molar-refractivity contribution in [2.45, 2.75) is 4.90 Å². The normalized spacial score (nSPS) is 13.7. The van der Waals surface area contributed by atoms with Gasteiger partial charge in [-0.15, -0.1) is 6.08 Å². The summed E-state index contributed by atoms with van der Waals surface area (Å²) in [6.45, 7) is 4.00. The molecule has 0 bridgehead atoms. The van der Waals surface area contributed by atoms with Crippen LogP contribution < -0.4 is 15.4 Å². The third-order valence-corrected chi connectivity index (χ3v) is 4.77. The Kier molecular flexibility index (Phi) is 9.40. The van der Waals surface area contributed by atoms with Gasteiger partial charge in [-0.05, 0) is 40.7 Å². The second-order valence-corrected chi connectivity index (χ2v) is 6.85. The molecule has 4 rings (SSSR count). The maximum Gasteiger partial charge on any atom is 0.149 e. The average Bonchev–Trinajstić information content (AvgIpc) is 2.72. The van der Waals surface area contributed by atoms with Gasteiger partial charge < -0.3 is 19.8 Å². The van der Waals surface area contributed by atoms with Crippen molar-refractivity contribution in [3.05, 3.63) is 84.0 Å². The first-order valence-corrected chi connectivity index (χ1v) is 9.40. The minimum absolute atomic E-state index is 0. The first-order valence-electron chi connectivity index (χ1n) is 8.25. The smallest absolute Gasteiger partial charge is 0.149 e. The molecule has 2 N–H and O–H groups in total. The summed E-state index contributed by atoms with van der Waals surface area (Å²) in [7, 11) is 0. The number of fused-ring (bicyclic) bond motifs is 1. The molecule has 0 fully saturated rings. The van der Waals surface area contributed by atoms with Crippen LogP contribution in [0.4, 0.5) is 18.9 Å². The van der Waals surface area contributed by atoms with E-state index in [4.69, 9.17) is 16.3 Å². The Bertz CT molecular complexity index is 986. The summed E-state index contributed by atoms with van der Waals surface area (Å²) < 4.78 is 47.2. The molecule has 0 aliphatic carbocycles. The molecule has 157 valence electrons. The Labute approximate surface area is 204 Å². The molecule has 2 aliphatic heterocycles. The predicted octanol–water partition coefficient (Wildman–Crippen LogP) is 6.27. The number of halogens is 4. The number of benzene rings is 2. The van der Waals surface area contributed by atoms with E-state index in [-0.39, 0.29) is 41.3 Å². The maximum absolute atomic E-state index is 13.9. The number of dihydropyridines is 1. The molecular formula is C20H14ClF3N3NpOS-3. The first-order chi connectivity index (χ1) is 14.0. The van der Waals surface area contributed by atoms with Crippen molar-refractivity contribution >= 4 is 35.6 Å². The fourth-order valence-corrected chi connectivity index (χ4v) is 3.08. The van der Waals surface area contributed by atoms with Crippen molar-refractivity contribution in [3.63, 3.8) is 0 Å². The monoisotopic (exact) mass is 672 g/mol. The molecule has 4 nitrogen and oxygen atoms in total. The number of nitrogens with zero attached hydrogens (tertiary/aromatic N) is 1. The van der Waals surface area contributed by atoms with E-state index in [0.717, 1.165) is 4.90 Å². The number of nitrogens with one attached hydrogen (secondary N) is 2. The van der Waals surface area contributed by atoms with E-state index in [1.165, 1.54) is 24.1 Å². The third-order valence-electron chi connectivity index (χ3n) is 3.74. The van der Waals surface area contributed by atoms with E-state index in [2.05, 4.69) is 28.3 Å². The summed E-state index contributed by atoms with van der Waals surface area (Å²) in [5.41, 5.74) is 0.702. The zero-order valence-corrected chi connectivity index (χ0v) is 20.6. The van der Waals surface area contributed by atoms with Crippen LogP contribution in [0.3, 0.4) is 0 Å².